The first-order valence-electron chi connectivity index (χ1n) is 8.58. The molecule has 1 aliphatic heterocycles. The number of esters is 1. The lowest BCUT2D eigenvalue weighted by Gasteiger charge is -2.35. The molecule has 0 spiro atoms. The summed E-state index contributed by atoms with van der Waals surface area (Å²) < 4.78 is 30.1. The normalized spacial score (nSPS) is 17.9. The van der Waals surface area contributed by atoms with E-state index in [0.717, 1.165) is 6.26 Å². The van der Waals surface area contributed by atoms with E-state index in [9.17, 15) is 18.0 Å². The number of aromatic amines is 1. The van der Waals surface area contributed by atoms with Gasteiger partial charge in [0.2, 0.25) is 10.0 Å². The van der Waals surface area contributed by atoms with Crippen LogP contribution in [-0.4, -0.2) is 68.6 Å². The minimum absolute atomic E-state index is 0.0877. The van der Waals surface area contributed by atoms with Gasteiger partial charge in [0.25, 0.3) is 0 Å². The van der Waals surface area contributed by atoms with E-state index in [1.807, 2.05) is 11.8 Å². The third kappa shape index (κ3) is 4.52. The molecule has 8 nitrogen and oxygen atoms in total. The van der Waals surface area contributed by atoms with Crippen molar-refractivity contribution < 1.29 is 22.7 Å². The van der Waals surface area contributed by atoms with Crippen molar-refractivity contribution in [3.05, 3.63) is 22.5 Å². The molecular formula is C17H27N3O5S. The Hall–Kier alpha value is -1.71. The Labute approximate surface area is 154 Å². The maximum Gasteiger partial charge on any atom is 0.339 e. The van der Waals surface area contributed by atoms with Crippen LogP contribution in [0.4, 0.5) is 0 Å². The van der Waals surface area contributed by atoms with Crippen LogP contribution in [0.25, 0.3) is 0 Å². The molecule has 0 bridgehead atoms. The summed E-state index contributed by atoms with van der Waals surface area (Å²) in [5.74, 6) is -0.550. The predicted molar refractivity (Wildman–Crippen MR) is 98.0 cm³/mol. The average molecular weight is 385 g/mol. The van der Waals surface area contributed by atoms with E-state index >= 15 is 0 Å². The largest absolute Gasteiger partial charge is 0.465 e. The smallest absolute Gasteiger partial charge is 0.339 e. The lowest BCUT2D eigenvalue weighted by atomic mass is 10.00. The van der Waals surface area contributed by atoms with Crippen molar-refractivity contribution in [3.63, 3.8) is 0 Å². The molecule has 2 rings (SSSR count). The number of nitrogens with zero attached hydrogens (tertiary/aromatic N) is 1. The highest BCUT2D eigenvalue weighted by Gasteiger charge is 2.31. The van der Waals surface area contributed by atoms with Crippen molar-refractivity contribution in [3.8, 4) is 0 Å². The van der Waals surface area contributed by atoms with Gasteiger partial charge in [-0.25, -0.2) is 17.9 Å². The number of hydrogen-bond acceptors (Lipinski definition) is 6. The van der Waals surface area contributed by atoms with Gasteiger partial charge in [0.05, 0.1) is 30.7 Å². The van der Waals surface area contributed by atoms with Gasteiger partial charge in [0, 0.05) is 24.8 Å². The maximum absolute atomic E-state index is 12.9. The second-order valence-electron chi connectivity index (χ2n) is 6.86. The van der Waals surface area contributed by atoms with Gasteiger partial charge in [-0.05, 0) is 39.2 Å². The van der Waals surface area contributed by atoms with Crippen molar-refractivity contribution in [2.75, 3.05) is 26.5 Å². The topological polar surface area (TPSA) is 109 Å². The molecule has 2 N–H and O–H groups in total. The fourth-order valence-electron chi connectivity index (χ4n) is 3.49. The number of aryl methyl sites for hydroxylation is 1. The molecule has 1 aliphatic rings. The zero-order valence-corrected chi connectivity index (χ0v) is 16.7. The van der Waals surface area contributed by atoms with Gasteiger partial charge in [-0.2, -0.15) is 0 Å². The van der Waals surface area contributed by atoms with Gasteiger partial charge in [-0.15, -0.1) is 0 Å². The van der Waals surface area contributed by atoms with Crippen molar-refractivity contribution in [1.29, 1.82) is 0 Å². The minimum atomic E-state index is -3.22. The first-order valence-corrected chi connectivity index (χ1v) is 10.5. The lowest BCUT2D eigenvalue weighted by Crippen LogP contribution is -2.49. The molecule has 2 heterocycles. The standard InChI is InChI=1S/C17H27N3O5S/c1-10-14(17(22)25-4)11(2)18-15(10)16(21)12(3)20-8-6-13(7-9-20)19-26(5,23)24/h12-13,18-19H,6-9H2,1-5H3/t12-/m1/s1. The SMILES string of the molecule is COC(=O)c1c(C)[nH]c(C(=O)[C@@H](C)N2CCC(NS(C)(=O)=O)CC2)c1C. The summed E-state index contributed by atoms with van der Waals surface area (Å²) in [5, 5.41) is 0. The second-order valence-corrected chi connectivity index (χ2v) is 8.64. The molecule has 0 unspecified atom stereocenters. The average Bonchev–Trinajstić information content (AvgIpc) is 2.86. The van der Waals surface area contributed by atoms with Crippen LogP contribution < -0.4 is 4.72 Å². The third-order valence-corrected chi connectivity index (χ3v) is 5.67. The molecule has 1 fully saturated rings. The van der Waals surface area contributed by atoms with Crippen LogP contribution in [0, 0.1) is 13.8 Å². The van der Waals surface area contributed by atoms with Gasteiger partial charge in [0.1, 0.15) is 0 Å². The first-order chi connectivity index (χ1) is 12.0. The number of aromatic nitrogens is 1. The molecule has 0 aliphatic carbocycles. The number of ether oxygens (including phenoxy) is 1. The predicted octanol–water partition coefficient (Wildman–Crippen LogP) is 1.00. The van der Waals surface area contributed by atoms with E-state index in [4.69, 9.17) is 4.74 Å². The molecule has 1 aromatic heterocycles. The lowest BCUT2D eigenvalue weighted by molar-refractivity contribution is 0.0599. The van der Waals surface area contributed by atoms with Gasteiger partial charge >= 0.3 is 5.97 Å². The Balaban J connectivity index is 2.08. The number of methoxy groups -OCH3 is 1. The van der Waals surface area contributed by atoms with Crippen LogP contribution in [0.3, 0.4) is 0 Å². The summed E-state index contributed by atoms with van der Waals surface area (Å²) in [4.78, 5) is 29.9. The second kappa shape index (κ2) is 7.89. The number of sulfonamides is 1. The number of Topliss-reactive ketones (excluding diaryl/α,β-unsaturated/α-hetero) is 1. The van der Waals surface area contributed by atoms with E-state index < -0.39 is 16.0 Å². The number of ketones is 1. The molecule has 1 saturated heterocycles. The van der Waals surface area contributed by atoms with Crippen LogP contribution in [-0.2, 0) is 14.8 Å². The van der Waals surface area contributed by atoms with E-state index in [2.05, 4.69) is 9.71 Å². The zero-order valence-electron chi connectivity index (χ0n) is 15.9. The van der Waals surface area contributed by atoms with Crippen LogP contribution in [0.5, 0.6) is 0 Å². The maximum atomic E-state index is 12.9. The van der Waals surface area contributed by atoms with Gasteiger partial charge < -0.3 is 9.72 Å². The Bertz CT molecular complexity index is 792. The zero-order chi connectivity index (χ0) is 19.6. The van der Waals surface area contributed by atoms with Crippen LogP contribution >= 0.6 is 0 Å². The number of carbonyl (C=O) groups excluding carboxylic acids is 2. The number of rotatable bonds is 6. The van der Waals surface area contributed by atoms with E-state index in [1.54, 1.807) is 13.8 Å². The Morgan fingerprint density at radius 2 is 1.85 bits per heavy atom. The number of carbonyl (C=O) groups is 2. The van der Waals surface area contributed by atoms with Crippen LogP contribution in [0.1, 0.15) is 51.9 Å². The fraction of sp³-hybridized carbons (Fsp3) is 0.647. The highest BCUT2D eigenvalue weighted by atomic mass is 32.2. The van der Waals surface area contributed by atoms with E-state index in [1.165, 1.54) is 7.11 Å². The summed E-state index contributed by atoms with van der Waals surface area (Å²) in [6.45, 7) is 6.56. The third-order valence-electron chi connectivity index (χ3n) is 4.91. The van der Waals surface area contributed by atoms with E-state index in [-0.39, 0.29) is 17.9 Å². The number of piperidine rings is 1. The van der Waals surface area contributed by atoms with Gasteiger partial charge in [-0.1, -0.05) is 0 Å². The van der Waals surface area contributed by atoms with Crippen molar-refractivity contribution >= 4 is 21.8 Å². The molecule has 1 atom stereocenters. The van der Waals surface area contributed by atoms with Crippen molar-refractivity contribution in [2.24, 2.45) is 0 Å². The van der Waals surface area contributed by atoms with Crippen molar-refractivity contribution in [1.82, 2.24) is 14.6 Å². The van der Waals surface area contributed by atoms with Crippen molar-refractivity contribution in [2.45, 2.75) is 45.7 Å². The summed E-state index contributed by atoms with van der Waals surface area (Å²) >= 11 is 0. The Morgan fingerprint density at radius 3 is 2.35 bits per heavy atom. The summed E-state index contributed by atoms with van der Waals surface area (Å²) in [6.07, 6.45) is 2.46. The van der Waals surface area contributed by atoms with Gasteiger partial charge in [0.15, 0.2) is 5.78 Å². The summed E-state index contributed by atoms with van der Waals surface area (Å²) in [6, 6.07) is -0.458. The molecule has 146 valence electrons. The van der Waals surface area contributed by atoms with E-state index in [0.29, 0.717) is 48.4 Å². The molecule has 0 amide bonds. The molecule has 0 radical (unpaired) electrons. The molecular weight excluding hydrogens is 358 g/mol. The minimum Gasteiger partial charge on any atom is -0.465 e. The van der Waals surface area contributed by atoms with Gasteiger partial charge in [-0.3, -0.25) is 9.69 Å². The summed E-state index contributed by atoms with van der Waals surface area (Å²) in [5.41, 5.74) is 2.03. The Kier molecular flexibility index (Phi) is 6.25. The molecule has 0 aromatic carbocycles. The molecule has 9 heteroatoms. The molecule has 0 saturated carbocycles. The summed E-state index contributed by atoms with van der Waals surface area (Å²) in [7, 11) is -1.91. The number of likely N-dealkylation sites (tertiary alicyclic amines) is 1. The van der Waals surface area contributed by atoms with Crippen LogP contribution in [0.15, 0.2) is 0 Å². The Morgan fingerprint density at radius 1 is 1.27 bits per heavy atom. The number of hydrogen-bond donors (Lipinski definition) is 2. The highest BCUT2D eigenvalue weighted by molar-refractivity contribution is 7.88. The molecule has 26 heavy (non-hydrogen) atoms. The first kappa shape index (κ1) is 20.6. The quantitative estimate of drug-likeness (QED) is 0.559. The number of nitrogens with one attached hydrogen (secondary N) is 2. The highest BCUT2D eigenvalue weighted by Crippen LogP contribution is 2.22. The van der Waals surface area contributed by atoms with Crippen LogP contribution in [0.2, 0.25) is 0 Å². The fourth-order valence-corrected chi connectivity index (χ4v) is 4.33. The molecule has 1 aromatic rings. The number of H-pyrrole nitrogens is 1. The monoisotopic (exact) mass is 385 g/mol.